The van der Waals surface area contributed by atoms with Gasteiger partial charge in [0.25, 0.3) is 0 Å². The summed E-state index contributed by atoms with van der Waals surface area (Å²) in [6, 6.07) is 8.38. The fraction of sp³-hybridized carbons (Fsp3) is 0.286. The average molecular weight is 326 g/mol. The molecule has 1 atom stereocenters. The van der Waals surface area contributed by atoms with Crippen LogP contribution in [0.4, 0.5) is 5.69 Å². The largest absolute Gasteiger partial charge is 0.497 e. The van der Waals surface area contributed by atoms with E-state index >= 15 is 0 Å². The third-order valence-corrected chi connectivity index (χ3v) is 4.73. The lowest BCUT2D eigenvalue weighted by Crippen LogP contribution is -2.06. The Labute approximate surface area is 120 Å². The van der Waals surface area contributed by atoms with Gasteiger partial charge in [0.2, 0.25) is 0 Å². The summed E-state index contributed by atoms with van der Waals surface area (Å²) in [5.74, 6) is 0.857. The Bertz CT molecular complexity index is 538. The molecule has 1 aromatic carbocycles. The zero-order valence-corrected chi connectivity index (χ0v) is 13.1. The molecule has 2 rings (SSSR count). The molecule has 0 fully saturated rings. The Morgan fingerprint density at radius 1 is 1.33 bits per heavy atom. The molecular weight excluding hydrogens is 310 g/mol. The second kappa shape index (κ2) is 5.76. The van der Waals surface area contributed by atoms with Gasteiger partial charge < -0.3 is 10.1 Å². The van der Waals surface area contributed by atoms with Gasteiger partial charge in [-0.05, 0) is 58.9 Å². The van der Waals surface area contributed by atoms with Crippen LogP contribution in [0, 0.1) is 6.92 Å². The van der Waals surface area contributed by atoms with Gasteiger partial charge in [0.05, 0.1) is 18.8 Å². The Morgan fingerprint density at radius 3 is 2.72 bits per heavy atom. The maximum absolute atomic E-state index is 5.25. The van der Waals surface area contributed by atoms with Crippen LogP contribution in [-0.2, 0) is 0 Å². The summed E-state index contributed by atoms with van der Waals surface area (Å²) in [6.45, 7) is 4.31. The monoisotopic (exact) mass is 325 g/mol. The summed E-state index contributed by atoms with van der Waals surface area (Å²) in [4.78, 5) is 1.37. The molecule has 0 spiro atoms. The minimum atomic E-state index is 0.286. The number of aryl methyl sites for hydroxylation is 1. The van der Waals surface area contributed by atoms with E-state index in [9.17, 15) is 0 Å². The summed E-state index contributed by atoms with van der Waals surface area (Å²) < 4.78 is 6.29. The van der Waals surface area contributed by atoms with Gasteiger partial charge >= 0.3 is 0 Å². The number of hydrogen-bond acceptors (Lipinski definition) is 3. The number of halogens is 1. The lowest BCUT2D eigenvalue weighted by Gasteiger charge is -2.17. The highest BCUT2D eigenvalue weighted by Crippen LogP contribution is 2.32. The predicted octanol–water partition coefficient (Wildman–Crippen LogP) is 5.00. The van der Waals surface area contributed by atoms with Crippen LogP contribution < -0.4 is 10.1 Å². The number of thiophene rings is 1. The van der Waals surface area contributed by atoms with Crippen LogP contribution in [0.5, 0.6) is 5.75 Å². The Kier molecular flexibility index (Phi) is 4.30. The van der Waals surface area contributed by atoms with E-state index in [-0.39, 0.29) is 6.04 Å². The van der Waals surface area contributed by atoms with Crippen LogP contribution in [-0.4, -0.2) is 7.11 Å². The minimum Gasteiger partial charge on any atom is -0.497 e. The van der Waals surface area contributed by atoms with Gasteiger partial charge in [0.15, 0.2) is 0 Å². The number of methoxy groups -OCH3 is 1. The van der Waals surface area contributed by atoms with Gasteiger partial charge in [-0.1, -0.05) is 0 Å². The highest BCUT2D eigenvalue weighted by molar-refractivity contribution is 9.10. The molecule has 1 unspecified atom stereocenters. The van der Waals surface area contributed by atoms with Crippen molar-refractivity contribution in [3.05, 3.63) is 44.6 Å². The first-order valence-electron chi connectivity index (χ1n) is 5.76. The molecule has 0 saturated carbocycles. The topological polar surface area (TPSA) is 21.3 Å². The zero-order valence-electron chi connectivity index (χ0n) is 10.7. The predicted molar refractivity (Wildman–Crippen MR) is 81.8 cm³/mol. The van der Waals surface area contributed by atoms with E-state index in [0.29, 0.717) is 0 Å². The fourth-order valence-corrected chi connectivity index (χ4v) is 3.17. The normalized spacial score (nSPS) is 12.2. The molecule has 0 radical (unpaired) electrons. The molecule has 0 aliphatic heterocycles. The maximum Gasteiger partial charge on any atom is 0.121 e. The van der Waals surface area contributed by atoms with Crippen molar-refractivity contribution >= 4 is 33.0 Å². The van der Waals surface area contributed by atoms with Crippen LogP contribution in [0.3, 0.4) is 0 Å². The van der Waals surface area contributed by atoms with Crippen molar-refractivity contribution in [3.8, 4) is 5.75 Å². The molecular formula is C14H16BrNOS. The molecule has 18 heavy (non-hydrogen) atoms. The minimum absolute atomic E-state index is 0.286. The molecule has 0 amide bonds. The van der Waals surface area contributed by atoms with Crippen LogP contribution in [0.2, 0.25) is 0 Å². The van der Waals surface area contributed by atoms with Gasteiger partial charge in [-0.25, -0.2) is 0 Å². The van der Waals surface area contributed by atoms with E-state index in [1.165, 1.54) is 10.4 Å². The van der Waals surface area contributed by atoms with Crippen LogP contribution in [0.15, 0.2) is 34.1 Å². The van der Waals surface area contributed by atoms with Crippen molar-refractivity contribution in [1.82, 2.24) is 0 Å². The quantitative estimate of drug-likeness (QED) is 0.853. The third kappa shape index (κ3) is 2.87. The Morgan fingerprint density at radius 2 is 2.11 bits per heavy atom. The highest BCUT2D eigenvalue weighted by atomic mass is 79.9. The standard InChI is InChI=1S/C14H16BrNOS/c1-9-6-7-18-14(9)10(2)16-13-8-11(17-3)4-5-12(13)15/h4-8,10,16H,1-3H3. The van der Waals surface area contributed by atoms with Gasteiger partial charge in [-0.15, -0.1) is 11.3 Å². The molecule has 0 bridgehead atoms. The zero-order chi connectivity index (χ0) is 13.1. The Balaban J connectivity index is 2.21. The number of nitrogens with one attached hydrogen (secondary N) is 1. The van der Waals surface area contributed by atoms with Gasteiger partial charge in [0, 0.05) is 15.4 Å². The lowest BCUT2D eigenvalue weighted by atomic mass is 10.2. The van der Waals surface area contributed by atoms with Gasteiger partial charge in [0.1, 0.15) is 5.75 Å². The van der Waals surface area contributed by atoms with Crippen molar-refractivity contribution in [1.29, 1.82) is 0 Å². The summed E-state index contributed by atoms with van der Waals surface area (Å²) in [7, 11) is 1.68. The second-order valence-electron chi connectivity index (χ2n) is 4.18. The molecule has 0 aliphatic rings. The van der Waals surface area contributed by atoms with E-state index in [2.05, 4.69) is 46.5 Å². The molecule has 2 aromatic rings. The molecule has 0 saturated heterocycles. The van der Waals surface area contributed by atoms with Crippen molar-refractivity contribution < 1.29 is 4.74 Å². The molecule has 0 aliphatic carbocycles. The SMILES string of the molecule is COc1ccc(Br)c(NC(C)c2sccc2C)c1. The molecule has 96 valence electrons. The van der Waals surface area contributed by atoms with Crippen LogP contribution in [0.1, 0.15) is 23.4 Å². The van der Waals surface area contributed by atoms with Crippen molar-refractivity contribution in [2.75, 3.05) is 12.4 Å². The number of benzene rings is 1. The first kappa shape index (κ1) is 13.4. The molecule has 1 heterocycles. The van der Waals surface area contributed by atoms with E-state index in [4.69, 9.17) is 4.74 Å². The molecule has 1 aromatic heterocycles. The maximum atomic E-state index is 5.25. The van der Waals surface area contributed by atoms with Crippen LogP contribution >= 0.6 is 27.3 Å². The summed E-state index contributed by atoms with van der Waals surface area (Å²) in [5, 5.41) is 5.64. The van der Waals surface area contributed by atoms with Crippen LogP contribution in [0.25, 0.3) is 0 Å². The first-order chi connectivity index (χ1) is 8.61. The first-order valence-corrected chi connectivity index (χ1v) is 7.43. The van der Waals surface area contributed by atoms with Gasteiger partial charge in [-0.2, -0.15) is 0 Å². The molecule has 4 heteroatoms. The summed E-state index contributed by atoms with van der Waals surface area (Å²) in [5.41, 5.74) is 2.38. The van der Waals surface area contributed by atoms with Crippen molar-refractivity contribution in [2.45, 2.75) is 19.9 Å². The van der Waals surface area contributed by atoms with E-state index in [1.54, 1.807) is 18.4 Å². The number of hydrogen-bond donors (Lipinski definition) is 1. The highest BCUT2D eigenvalue weighted by Gasteiger charge is 2.11. The summed E-state index contributed by atoms with van der Waals surface area (Å²) >= 11 is 5.34. The smallest absolute Gasteiger partial charge is 0.121 e. The lowest BCUT2D eigenvalue weighted by molar-refractivity contribution is 0.415. The average Bonchev–Trinajstić information content (AvgIpc) is 2.78. The number of rotatable bonds is 4. The molecule has 2 nitrogen and oxygen atoms in total. The number of anilines is 1. The summed E-state index contributed by atoms with van der Waals surface area (Å²) in [6.07, 6.45) is 0. The number of ether oxygens (including phenoxy) is 1. The van der Waals surface area contributed by atoms with Gasteiger partial charge in [-0.3, -0.25) is 0 Å². The fourth-order valence-electron chi connectivity index (χ4n) is 1.87. The second-order valence-corrected chi connectivity index (χ2v) is 5.98. The van der Waals surface area contributed by atoms with Crippen molar-refractivity contribution in [2.24, 2.45) is 0 Å². The Hall–Kier alpha value is -1.00. The van der Waals surface area contributed by atoms with E-state index in [1.807, 2.05) is 18.2 Å². The van der Waals surface area contributed by atoms with E-state index in [0.717, 1.165) is 15.9 Å². The van der Waals surface area contributed by atoms with E-state index < -0.39 is 0 Å². The molecule has 1 N–H and O–H groups in total. The van der Waals surface area contributed by atoms with Crippen molar-refractivity contribution in [3.63, 3.8) is 0 Å². The third-order valence-electron chi connectivity index (χ3n) is 2.84.